The van der Waals surface area contributed by atoms with E-state index in [2.05, 4.69) is 0 Å². The Bertz CT molecular complexity index is 967. The van der Waals surface area contributed by atoms with Crippen molar-refractivity contribution in [2.24, 2.45) is 0 Å². The predicted molar refractivity (Wildman–Crippen MR) is 92.8 cm³/mol. The smallest absolute Gasteiger partial charge is 0.422 e. The number of aryl methyl sites for hydroxylation is 3. The molecule has 2 aromatic carbocycles. The molecule has 0 radical (unpaired) electrons. The maximum absolute atomic E-state index is 12.0. The van der Waals surface area contributed by atoms with Crippen molar-refractivity contribution in [1.82, 2.24) is 4.57 Å². The van der Waals surface area contributed by atoms with Crippen molar-refractivity contribution >= 4 is 10.9 Å². The van der Waals surface area contributed by atoms with Crippen LogP contribution in [0.5, 0.6) is 5.75 Å². The van der Waals surface area contributed by atoms with Crippen LogP contribution in [0.4, 0.5) is 0 Å². The lowest BCUT2D eigenvalue weighted by Crippen LogP contribution is -2.25. The summed E-state index contributed by atoms with van der Waals surface area (Å²) < 4.78 is 12.0. The van der Waals surface area contributed by atoms with E-state index in [1.54, 1.807) is 12.1 Å². The molecule has 5 heteroatoms. The number of hydrogen-bond acceptors (Lipinski definition) is 4. The monoisotopic (exact) mass is 325 g/mol. The Morgan fingerprint density at radius 1 is 1.00 bits per heavy atom. The van der Waals surface area contributed by atoms with E-state index in [1.807, 2.05) is 44.2 Å². The summed E-state index contributed by atoms with van der Waals surface area (Å²) >= 11 is 0. The fraction of sp³-hybridized carbons (Fsp3) is 0.263. The Morgan fingerprint density at radius 2 is 1.71 bits per heavy atom. The fourth-order valence-corrected chi connectivity index (χ4v) is 2.60. The van der Waals surface area contributed by atoms with Crippen LogP contribution in [0.15, 0.2) is 56.5 Å². The van der Waals surface area contributed by atoms with Gasteiger partial charge in [-0.05, 0) is 44.5 Å². The first-order valence-electron chi connectivity index (χ1n) is 7.88. The van der Waals surface area contributed by atoms with Crippen molar-refractivity contribution in [3.05, 3.63) is 74.6 Å². The van der Waals surface area contributed by atoms with Crippen LogP contribution in [0.25, 0.3) is 10.9 Å². The summed E-state index contributed by atoms with van der Waals surface area (Å²) in [6.45, 7) is 4.81. The van der Waals surface area contributed by atoms with E-state index in [9.17, 15) is 9.59 Å². The lowest BCUT2D eigenvalue weighted by Gasteiger charge is -2.10. The first kappa shape index (κ1) is 16.1. The highest BCUT2D eigenvalue weighted by Crippen LogP contribution is 2.13. The Balaban J connectivity index is 1.74. The molecule has 3 aromatic rings. The molecule has 0 amide bonds. The molecule has 0 spiro atoms. The third-order valence-corrected chi connectivity index (χ3v) is 3.88. The van der Waals surface area contributed by atoms with Crippen LogP contribution in [-0.4, -0.2) is 11.2 Å². The first-order chi connectivity index (χ1) is 11.5. The largest absolute Gasteiger partial charge is 0.494 e. The Hall–Kier alpha value is -2.82. The molecule has 5 nitrogen and oxygen atoms in total. The molecule has 0 unspecified atom stereocenters. The molecule has 0 N–H and O–H groups in total. The van der Waals surface area contributed by atoms with Crippen molar-refractivity contribution in [3.8, 4) is 5.75 Å². The van der Waals surface area contributed by atoms with Gasteiger partial charge in [0.05, 0.1) is 17.5 Å². The van der Waals surface area contributed by atoms with Gasteiger partial charge in [0.2, 0.25) is 0 Å². The van der Waals surface area contributed by atoms with Crippen molar-refractivity contribution in [1.29, 1.82) is 0 Å². The van der Waals surface area contributed by atoms with Gasteiger partial charge in [0, 0.05) is 6.54 Å². The summed E-state index contributed by atoms with van der Waals surface area (Å²) in [6, 6.07) is 13.2. The van der Waals surface area contributed by atoms with Crippen molar-refractivity contribution in [3.63, 3.8) is 0 Å². The molecular formula is C19H19NO4. The van der Waals surface area contributed by atoms with Crippen LogP contribution in [0.3, 0.4) is 0 Å². The molecule has 0 bridgehead atoms. The predicted octanol–water partition coefficient (Wildman–Crippen LogP) is 3.04. The number of hydrogen-bond donors (Lipinski definition) is 0. The Morgan fingerprint density at radius 3 is 2.46 bits per heavy atom. The number of aromatic nitrogens is 1. The van der Waals surface area contributed by atoms with Crippen LogP contribution in [-0.2, 0) is 6.54 Å². The van der Waals surface area contributed by atoms with Gasteiger partial charge in [0.1, 0.15) is 5.75 Å². The highest BCUT2D eigenvalue weighted by Gasteiger charge is 2.09. The second-order valence-corrected chi connectivity index (χ2v) is 5.84. The lowest BCUT2D eigenvalue weighted by molar-refractivity contribution is 0.296. The molecule has 124 valence electrons. The molecule has 3 rings (SSSR count). The second-order valence-electron chi connectivity index (χ2n) is 5.84. The molecule has 24 heavy (non-hydrogen) atoms. The van der Waals surface area contributed by atoms with Gasteiger partial charge in [-0.2, -0.15) is 0 Å². The van der Waals surface area contributed by atoms with E-state index in [4.69, 9.17) is 9.15 Å². The topological polar surface area (TPSA) is 61.4 Å². The van der Waals surface area contributed by atoms with Crippen LogP contribution in [0.1, 0.15) is 17.5 Å². The van der Waals surface area contributed by atoms with E-state index in [1.165, 1.54) is 10.1 Å². The number of fused-ring (bicyclic) bond motifs is 1. The van der Waals surface area contributed by atoms with E-state index in [0.29, 0.717) is 30.5 Å². The van der Waals surface area contributed by atoms with Gasteiger partial charge in [0.25, 0.3) is 0 Å². The molecule has 0 aliphatic rings. The summed E-state index contributed by atoms with van der Waals surface area (Å²) in [7, 11) is 0. The van der Waals surface area contributed by atoms with Crippen LogP contribution < -0.4 is 16.1 Å². The third kappa shape index (κ3) is 3.40. The summed E-state index contributed by atoms with van der Waals surface area (Å²) in [5, 5.41) is 0.425. The van der Waals surface area contributed by atoms with Gasteiger partial charge in [-0.25, -0.2) is 9.59 Å². The van der Waals surface area contributed by atoms with Gasteiger partial charge >= 0.3 is 11.4 Å². The van der Waals surface area contributed by atoms with E-state index >= 15 is 0 Å². The normalized spacial score (nSPS) is 10.9. The summed E-state index contributed by atoms with van der Waals surface area (Å²) in [6.07, 6.45) is 0.629. The lowest BCUT2D eigenvalue weighted by atomic mass is 10.2. The van der Waals surface area contributed by atoms with Gasteiger partial charge in [-0.15, -0.1) is 0 Å². The quantitative estimate of drug-likeness (QED) is 0.677. The molecule has 0 atom stereocenters. The average Bonchev–Trinajstić information content (AvgIpc) is 2.56. The minimum Gasteiger partial charge on any atom is -0.494 e. The van der Waals surface area contributed by atoms with Crippen molar-refractivity contribution < 1.29 is 9.15 Å². The Labute approximate surface area is 139 Å². The number of rotatable bonds is 5. The highest BCUT2D eigenvalue weighted by molar-refractivity contribution is 5.78. The fourth-order valence-electron chi connectivity index (χ4n) is 2.60. The Kier molecular flexibility index (Phi) is 4.51. The van der Waals surface area contributed by atoms with Gasteiger partial charge in [0.15, 0.2) is 0 Å². The second kappa shape index (κ2) is 6.74. The van der Waals surface area contributed by atoms with E-state index < -0.39 is 11.4 Å². The minimum atomic E-state index is -0.633. The number of nitrogens with zero attached hydrogens (tertiary/aromatic N) is 1. The van der Waals surface area contributed by atoms with Gasteiger partial charge in [-0.3, -0.25) is 4.57 Å². The zero-order valence-electron chi connectivity index (χ0n) is 13.7. The summed E-state index contributed by atoms with van der Waals surface area (Å²) in [4.78, 5) is 23.8. The summed E-state index contributed by atoms with van der Waals surface area (Å²) in [5.74, 6) is 0.166. The molecule has 1 heterocycles. The molecule has 0 fully saturated rings. The minimum absolute atomic E-state index is 0.425. The number of benzene rings is 2. The SMILES string of the molecule is Cc1ccc(OCCCn2c(=O)oc(=O)c3cc(C)ccc32)cc1. The molecule has 0 saturated heterocycles. The van der Waals surface area contributed by atoms with E-state index in [0.717, 1.165) is 11.3 Å². The zero-order valence-corrected chi connectivity index (χ0v) is 13.7. The van der Waals surface area contributed by atoms with Crippen molar-refractivity contribution in [2.45, 2.75) is 26.8 Å². The molecule has 0 aliphatic heterocycles. The standard InChI is InChI=1S/C19H19NO4/c1-13-4-7-15(8-5-13)23-11-3-10-20-17-9-6-14(2)12-16(17)18(21)24-19(20)22/h4-9,12H,3,10-11H2,1-2H3. The number of ether oxygens (including phenoxy) is 1. The van der Waals surface area contributed by atoms with Crippen molar-refractivity contribution in [2.75, 3.05) is 6.61 Å². The van der Waals surface area contributed by atoms with Crippen LogP contribution in [0.2, 0.25) is 0 Å². The van der Waals surface area contributed by atoms with Gasteiger partial charge in [-0.1, -0.05) is 29.3 Å². The van der Waals surface area contributed by atoms with E-state index in [-0.39, 0.29) is 0 Å². The third-order valence-electron chi connectivity index (χ3n) is 3.88. The molecular weight excluding hydrogens is 306 g/mol. The summed E-state index contributed by atoms with van der Waals surface area (Å²) in [5.41, 5.74) is 2.13. The highest BCUT2D eigenvalue weighted by atomic mass is 16.5. The molecule has 1 aromatic heterocycles. The van der Waals surface area contributed by atoms with Gasteiger partial charge < -0.3 is 9.15 Å². The first-order valence-corrected chi connectivity index (χ1v) is 7.88. The average molecular weight is 325 g/mol. The van der Waals surface area contributed by atoms with Crippen LogP contribution >= 0.6 is 0 Å². The van der Waals surface area contributed by atoms with Crippen LogP contribution in [0, 0.1) is 13.8 Å². The molecule has 0 aliphatic carbocycles. The molecule has 0 saturated carbocycles. The zero-order chi connectivity index (χ0) is 17.1. The maximum atomic E-state index is 12.0. The maximum Gasteiger partial charge on any atom is 0.422 e.